The predicted molar refractivity (Wildman–Crippen MR) is 117 cm³/mol. The van der Waals surface area contributed by atoms with Gasteiger partial charge < -0.3 is 9.64 Å². The molecule has 3 aromatic carbocycles. The maximum Gasteiger partial charge on any atom is 0.258 e. The fourth-order valence-corrected chi connectivity index (χ4v) is 3.80. The molecule has 3 aromatic rings. The summed E-state index contributed by atoms with van der Waals surface area (Å²) in [5.74, 6) is 0.366. The summed E-state index contributed by atoms with van der Waals surface area (Å²) in [7, 11) is 0. The fourth-order valence-electron chi connectivity index (χ4n) is 3.42. The fraction of sp³-hybridized carbons (Fsp3) is 0.125. The normalized spacial score (nSPS) is 14.4. The Morgan fingerprint density at radius 3 is 2.59 bits per heavy atom. The Morgan fingerprint density at radius 2 is 1.83 bits per heavy atom. The molecule has 146 valence electrons. The third-order valence-electron chi connectivity index (χ3n) is 4.86. The monoisotopic (exact) mass is 451 g/mol. The van der Waals surface area contributed by atoms with Gasteiger partial charge in [0.05, 0.1) is 5.69 Å². The molecule has 1 amide bonds. The van der Waals surface area contributed by atoms with Gasteiger partial charge in [-0.2, -0.15) is 0 Å². The molecule has 3 nitrogen and oxygen atoms in total. The summed E-state index contributed by atoms with van der Waals surface area (Å²) in [5, 5.41) is 0. The largest absolute Gasteiger partial charge is 0.488 e. The molecule has 0 spiro atoms. The van der Waals surface area contributed by atoms with Crippen molar-refractivity contribution < 1.29 is 13.9 Å². The Bertz CT molecular complexity index is 1090. The smallest absolute Gasteiger partial charge is 0.258 e. The van der Waals surface area contributed by atoms with Crippen LogP contribution in [0.2, 0.25) is 0 Å². The first-order valence-corrected chi connectivity index (χ1v) is 10.2. The number of ether oxygens (including phenoxy) is 1. The molecule has 0 unspecified atom stereocenters. The van der Waals surface area contributed by atoms with Crippen LogP contribution in [0.3, 0.4) is 0 Å². The molecule has 4 rings (SSSR count). The molecule has 0 atom stereocenters. The lowest BCUT2D eigenvalue weighted by Gasteiger charge is -2.13. The summed E-state index contributed by atoms with van der Waals surface area (Å²) >= 11 is 3.50. The molecule has 1 aliphatic rings. The summed E-state index contributed by atoms with van der Waals surface area (Å²) in [4.78, 5) is 14.8. The molecule has 0 saturated heterocycles. The zero-order chi connectivity index (χ0) is 20.4. The van der Waals surface area contributed by atoms with Crippen LogP contribution < -0.4 is 9.64 Å². The van der Waals surface area contributed by atoms with Crippen LogP contribution in [0, 0.1) is 5.82 Å². The Morgan fingerprint density at radius 1 is 1.07 bits per heavy atom. The molecule has 0 N–H and O–H groups in total. The van der Waals surface area contributed by atoms with Crippen LogP contribution in [0.15, 0.2) is 71.2 Å². The highest BCUT2D eigenvalue weighted by atomic mass is 79.9. The Hall–Kier alpha value is -2.92. The highest BCUT2D eigenvalue weighted by Gasteiger charge is 2.31. The molecule has 0 radical (unpaired) electrons. The van der Waals surface area contributed by atoms with E-state index in [0.29, 0.717) is 24.5 Å². The van der Waals surface area contributed by atoms with E-state index in [0.717, 1.165) is 26.9 Å². The lowest BCUT2D eigenvalue weighted by atomic mass is 10.0. The number of hydrogen-bond acceptors (Lipinski definition) is 2. The van der Waals surface area contributed by atoms with E-state index in [2.05, 4.69) is 15.9 Å². The molecule has 0 saturated carbocycles. The number of hydrogen-bond donors (Lipinski definition) is 0. The Balaban J connectivity index is 1.69. The van der Waals surface area contributed by atoms with Gasteiger partial charge in [-0.25, -0.2) is 4.39 Å². The first-order valence-electron chi connectivity index (χ1n) is 9.36. The van der Waals surface area contributed by atoms with Crippen molar-refractivity contribution in [2.24, 2.45) is 0 Å². The molecule has 0 aromatic heterocycles. The number of nitrogens with zero attached hydrogens (tertiary/aromatic N) is 1. The average molecular weight is 452 g/mol. The highest BCUT2D eigenvalue weighted by molar-refractivity contribution is 9.10. The third-order valence-corrected chi connectivity index (χ3v) is 5.35. The van der Waals surface area contributed by atoms with E-state index in [-0.39, 0.29) is 11.7 Å². The van der Waals surface area contributed by atoms with Gasteiger partial charge in [0.15, 0.2) is 0 Å². The van der Waals surface area contributed by atoms with Crippen molar-refractivity contribution in [2.45, 2.75) is 13.5 Å². The minimum Gasteiger partial charge on any atom is -0.488 e. The van der Waals surface area contributed by atoms with Gasteiger partial charge in [-0.15, -0.1) is 0 Å². The van der Waals surface area contributed by atoms with Crippen LogP contribution in [0.5, 0.6) is 5.75 Å². The van der Waals surface area contributed by atoms with Crippen LogP contribution in [0.25, 0.3) is 11.6 Å². The number of amides is 1. The van der Waals surface area contributed by atoms with Gasteiger partial charge in [0, 0.05) is 27.7 Å². The van der Waals surface area contributed by atoms with E-state index in [4.69, 9.17) is 4.74 Å². The second-order valence-corrected chi connectivity index (χ2v) is 7.64. The van der Waals surface area contributed by atoms with Crippen molar-refractivity contribution in [1.29, 1.82) is 0 Å². The van der Waals surface area contributed by atoms with E-state index >= 15 is 0 Å². The number of fused-ring (bicyclic) bond motifs is 1. The lowest BCUT2D eigenvalue weighted by Crippen LogP contribution is -2.25. The molecule has 0 fully saturated rings. The number of rotatable bonds is 5. The summed E-state index contributed by atoms with van der Waals surface area (Å²) in [6, 6.07) is 19.7. The second-order valence-electron chi connectivity index (χ2n) is 6.72. The Kier molecular flexibility index (Phi) is 5.49. The van der Waals surface area contributed by atoms with E-state index in [1.165, 1.54) is 12.1 Å². The predicted octanol–water partition coefficient (Wildman–Crippen LogP) is 6.07. The maximum atomic E-state index is 13.1. The van der Waals surface area contributed by atoms with E-state index in [1.54, 1.807) is 17.0 Å². The van der Waals surface area contributed by atoms with Gasteiger partial charge in [-0.1, -0.05) is 46.3 Å². The molecule has 1 aliphatic heterocycles. The standard InChI is InChI=1S/C24H19BrFNO2/c1-2-27-22-6-4-3-5-20(22)21(24(27)28)14-17-13-18(25)9-12-23(17)29-15-16-7-10-19(26)11-8-16/h3-14H,2,15H2,1H3/b21-14-. The zero-order valence-corrected chi connectivity index (χ0v) is 17.4. The van der Waals surface area contributed by atoms with Crippen molar-refractivity contribution in [3.8, 4) is 5.75 Å². The zero-order valence-electron chi connectivity index (χ0n) is 15.9. The van der Waals surface area contributed by atoms with Gasteiger partial charge in [-0.3, -0.25) is 4.79 Å². The van der Waals surface area contributed by atoms with Gasteiger partial charge in [0.1, 0.15) is 18.2 Å². The van der Waals surface area contributed by atoms with Crippen molar-refractivity contribution >= 4 is 39.2 Å². The average Bonchev–Trinajstić information content (AvgIpc) is 2.99. The molecule has 5 heteroatoms. The number of likely N-dealkylation sites (N-methyl/N-ethyl adjacent to an activating group) is 1. The summed E-state index contributed by atoms with van der Waals surface area (Å²) in [6.45, 7) is 2.89. The van der Waals surface area contributed by atoms with Crippen LogP contribution in [0.4, 0.5) is 10.1 Å². The van der Waals surface area contributed by atoms with Gasteiger partial charge in [0.2, 0.25) is 0 Å². The van der Waals surface area contributed by atoms with Crippen molar-refractivity contribution in [3.63, 3.8) is 0 Å². The van der Waals surface area contributed by atoms with Gasteiger partial charge in [0.25, 0.3) is 5.91 Å². The number of para-hydroxylation sites is 1. The van der Waals surface area contributed by atoms with Crippen LogP contribution in [-0.4, -0.2) is 12.5 Å². The summed E-state index contributed by atoms with van der Waals surface area (Å²) < 4.78 is 20.0. The van der Waals surface area contributed by atoms with Crippen LogP contribution in [0.1, 0.15) is 23.6 Å². The molecule has 0 aliphatic carbocycles. The van der Waals surface area contributed by atoms with Crippen molar-refractivity contribution in [1.82, 2.24) is 0 Å². The topological polar surface area (TPSA) is 29.5 Å². The summed E-state index contributed by atoms with van der Waals surface area (Å²) in [6.07, 6.45) is 1.88. The molecule has 0 bridgehead atoms. The summed E-state index contributed by atoms with van der Waals surface area (Å²) in [5.41, 5.74) is 4.16. The molecular formula is C24H19BrFNO2. The quantitative estimate of drug-likeness (QED) is 0.440. The molecule has 29 heavy (non-hydrogen) atoms. The number of carbonyl (C=O) groups is 1. The van der Waals surface area contributed by atoms with Gasteiger partial charge in [-0.05, 0) is 55.0 Å². The van der Waals surface area contributed by atoms with E-state index in [1.807, 2.05) is 55.5 Å². The van der Waals surface area contributed by atoms with Crippen LogP contribution >= 0.6 is 15.9 Å². The minimum atomic E-state index is -0.276. The van der Waals surface area contributed by atoms with Crippen molar-refractivity contribution in [3.05, 3.63) is 93.7 Å². The lowest BCUT2D eigenvalue weighted by molar-refractivity contribution is -0.112. The van der Waals surface area contributed by atoms with E-state index < -0.39 is 0 Å². The van der Waals surface area contributed by atoms with Crippen LogP contribution in [-0.2, 0) is 11.4 Å². The third kappa shape index (κ3) is 3.96. The van der Waals surface area contributed by atoms with Gasteiger partial charge >= 0.3 is 0 Å². The molecule has 1 heterocycles. The SMILES string of the molecule is CCN1C(=O)/C(=C\c2cc(Br)ccc2OCc2ccc(F)cc2)c2ccccc21. The number of anilines is 1. The maximum absolute atomic E-state index is 13.1. The van der Waals surface area contributed by atoms with E-state index in [9.17, 15) is 9.18 Å². The highest BCUT2D eigenvalue weighted by Crippen LogP contribution is 2.38. The number of carbonyl (C=O) groups excluding carboxylic acids is 1. The van der Waals surface area contributed by atoms with Crippen molar-refractivity contribution in [2.75, 3.05) is 11.4 Å². The first-order chi connectivity index (χ1) is 14.1. The number of halogens is 2. The minimum absolute atomic E-state index is 0.0156. The number of benzene rings is 3. The first kappa shape index (κ1) is 19.4. The molecular weight excluding hydrogens is 433 g/mol. The second kappa shape index (κ2) is 8.21. The Labute approximate surface area is 177 Å².